The van der Waals surface area contributed by atoms with E-state index in [-0.39, 0.29) is 0 Å². The molecule has 0 aromatic heterocycles. The minimum Gasteiger partial charge on any atom is -0.354 e. The van der Waals surface area contributed by atoms with Crippen molar-refractivity contribution < 1.29 is 0 Å². The lowest BCUT2D eigenvalue weighted by Gasteiger charge is -2.13. The summed E-state index contributed by atoms with van der Waals surface area (Å²) in [6, 6.07) is 16.4. The Bertz CT molecular complexity index is 614. The van der Waals surface area contributed by atoms with E-state index in [4.69, 9.17) is 0 Å². The molecule has 0 bridgehead atoms. The number of nitriles is 1. The van der Waals surface area contributed by atoms with Gasteiger partial charge in [-0.2, -0.15) is 5.26 Å². The number of hydrogen-bond donors (Lipinski definition) is 1. The van der Waals surface area contributed by atoms with Crippen LogP contribution in [0.25, 0.3) is 0 Å². The van der Waals surface area contributed by atoms with E-state index in [9.17, 15) is 5.26 Å². The lowest BCUT2D eigenvalue weighted by atomic mass is 10.1. The molecule has 0 aliphatic carbocycles. The molecule has 0 atom stereocenters. The second-order valence-electron chi connectivity index (χ2n) is 4.13. The smallest absolute Gasteiger partial charge is 0.103 e. The molecule has 0 aliphatic heterocycles. The molecule has 0 amide bonds. The van der Waals surface area contributed by atoms with E-state index in [0.717, 1.165) is 22.7 Å². The Morgan fingerprint density at radius 1 is 1.11 bits per heavy atom. The average Bonchev–Trinajstić information content (AvgIpc) is 2.47. The van der Waals surface area contributed by atoms with Gasteiger partial charge >= 0.3 is 0 Å². The number of nitrogens with zero attached hydrogens (tertiary/aromatic N) is 1. The zero-order chi connectivity index (χ0) is 13.7. The summed E-state index contributed by atoms with van der Waals surface area (Å²) in [4.78, 5) is 1.00. The molecule has 2 rings (SSSR count). The van der Waals surface area contributed by atoms with Crippen molar-refractivity contribution in [2.75, 3.05) is 11.6 Å². The lowest BCUT2D eigenvalue weighted by Crippen LogP contribution is -1.98. The van der Waals surface area contributed by atoms with Gasteiger partial charge in [-0.3, -0.25) is 0 Å². The van der Waals surface area contributed by atoms with Crippen LogP contribution in [0.2, 0.25) is 0 Å². The molecule has 96 valence electrons. The van der Waals surface area contributed by atoms with E-state index in [0.29, 0.717) is 5.56 Å². The Labute approximate surface area is 118 Å². The second-order valence-corrected chi connectivity index (χ2v) is 4.98. The summed E-state index contributed by atoms with van der Waals surface area (Å²) in [5, 5.41) is 12.7. The molecule has 2 nitrogen and oxygen atoms in total. The molecule has 1 N–H and O–H groups in total. The number of rotatable bonds is 4. The van der Waals surface area contributed by atoms with Gasteiger partial charge in [0.05, 0.1) is 11.3 Å². The highest BCUT2D eigenvalue weighted by Crippen LogP contribution is 2.29. The summed E-state index contributed by atoms with van der Waals surface area (Å²) < 4.78 is 0. The molecule has 2 aromatic rings. The van der Waals surface area contributed by atoms with Crippen LogP contribution in [-0.4, -0.2) is 6.26 Å². The van der Waals surface area contributed by atoms with Crippen LogP contribution in [0.1, 0.15) is 18.1 Å². The van der Waals surface area contributed by atoms with E-state index in [2.05, 4.69) is 24.4 Å². The van der Waals surface area contributed by atoms with Gasteiger partial charge < -0.3 is 5.32 Å². The van der Waals surface area contributed by atoms with E-state index >= 15 is 0 Å². The standard InChI is InChI=1S/C16H16N2S/c1-3-12-7-4-5-8-14(12)18-15-9-6-10-16(19-2)13(15)11-17/h4-10,18H,3H2,1-2H3. The maximum Gasteiger partial charge on any atom is 0.103 e. The van der Waals surface area contributed by atoms with E-state index in [1.807, 2.05) is 42.7 Å². The van der Waals surface area contributed by atoms with Crippen molar-refractivity contribution in [1.29, 1.82) is 5.26 Å². The highest BCUT2D eigenvalue weighted by Gasteiger charge is 2.08. The second kappa shape index (κ2) is 6.31. The molecule has 0 saturated heterocycles. The molecule has 0 fully saturated rings. The molecular weight excluding hydrogens is 252 g/mol. The minimum absolute atomic E-state index is 0.709. The van der Waals surface area contributed by atoms with Crippen molar-refractivity contribution in [2.24, 2.45) is 0 Å². The first-order valence-corrected chi connectivity index (χ1v) is 7.44. The fraction of sp³-hybridized carbons (Fsp3) is 0.188. The van der Waals surface area contributed by atoms with Crippen LogP contribution in [0.5, 0.6) is 0 Å². The van der Waals surface area contributed by atoms with Crippen LogP contribution in [0.4, 0.5) is 11.4 Å². The molecule has 0 heterocycles. The molecule has 0 aliphatic rings. The Hall–Kier alpha value is -1.92. The summed E-state index contributed by atoms with van der Waals surface area (Å²) in [7, 11) is 0. The monoisotopic (exact) mass is 268 g/mol. The third-order valence-corrected chi connectivity index (χ3v) is 3.81. The van der Waals surface area contributed by atoms with Gasteiger partial charge in [-0.25, -0.2) is 0 Å². The number of thioether (sulfide) groups is 1. The lowest BCUT2D eigenvalue weighted by molar-refractivity contribution is 1.14. The van der Waals surface area contributed by atoms with E-state index < -0.39 is 0 Å². The highest BCUT2D eigenvalue weighted by atomic mass is 32.2. The normalized spacial score (nSPS) is 9.95. The number of para-hydroxylation sites is 1. The van der Waals surface area contributed by atoms with Crippen LogP contribution in [-0.2, 0) is 6.42 Å². The van der Waals surface area contributed by atoms with Crippen LogP contribution in [0.3, 0.4) is 0 Å². The van der Waals surface area contributed by atoms with Crippen LogP contribution >= 0.6 is 11.8 Å². The number of anilines is 2. The summed E-state index contributed by atoms with van der Waals surface area (Å²) in [5.74, 6) is 0. The average molecular weight is 268 g/mol. The van der Waals surface area contributed by atoms with Crippen molar-refractivity contribution >= 4 is 23.1 Å². The molecular formula is C16H16N2S. The summed E-state index contributed by atoms with van der Waals surface area (Å²) in [5.41, 5.74) is 3.90. The predicted octanol–water partition coefficient (Wildman–Crippen LogP) is 4.59. The fourth-order valence-corrected chi connectivity index (χ4v) is 2.59. The van der Waals surface area contributed by atoms with Gasteiger partial charge in [-0.15, -0.1) is 11.8 Å². The topological polar surface area (TPSA) is 35.8 Å². The largest absolute Gasteiger partial charge is 0.354 e. The highest BCUT2D eigenvalue weighted by molar-refractivity contribution is 7.98. The molecule has 0 saturated carbocycles. The Balaban J connectivity index is 2.41. The summed E-state index contributed by atoms with van der Waals surface area (Å²) in [6.45, 7) is 2.13. The number of nitrogens with one attached hydrogen (secondary N) is 1. The number of hydrogen-bond acceptors (Lipinski definition) is 3. The first-order valence-electron chi connectivity index (χ1n) is 6.22. The van der Waals surface area contributed by atoms with Gasteiger partial charge in [0.2, 0.25) is 0 Å². The molecule has 19 heavy (non-hydrogen) atoms. The predicted molar refractivity (Wildman–Crippen MR) is 82.0 cm³/mol. The number of benzene rings is 2. The van der Waals surface area contributed by atoms with Crippen LogP contribution in [0, 0.1) is 11.3 Å². The SMILES string of the molecule is CCc1ccccc1Nc1cccc(SC)c1C#N. The van der Waals surface area contributed by atoms with Crippen molar-refractivity contribution in [1.82, 2.24) is 0 Å². The van der Waals surface area contributed by atoms with Gasteiger partial charge in [0.25, 0.3) is 0 Å². The maximum absolute atomic E-state index is 9.33. The molecule has 2 aromatic carbocycles. The minimum atomic E-state index is 0.709. The first-order chi connectivity index (χ1) is 9.30. The van der Waals surface area contributed by atoms with Gasteiger partial charge in [0, 0.05) is 10.6 Å². The molecule has 0 radical (unpaired) electrons. The van der Waals surface area contributed by atoms with E-state index in [1.54, 1.807) is 11.8 Å². The van der Waals surface area contributed by atoms with Crippen molar-refractivity contribution in [2.45, 2.75) is 18.2 Å². The van der Waals surface area contributed by atoms with Gasteiger partial charge in [-0.1, -0.05) is 31.2 Å². The van der Waals surface area contributed by atoms with Gasteiger partial charge in [0.15, 0.2) is 0 Å². The molecule has 0 spiro atoms. The third kappa shape index (κ3) is 2.91. The quantitative estimate of drug-likeness (QED) is 0.824. The fourth-order valence-electron chi connectivity index (χ4n) is 2.02. The zero-order valence-electron chi connectivity index (χ0n) is 11.1. The van der Waals surface area contributed by atoms with Crippen molar-refractivity contribution in [3.63, 3.8) is 0 Å². The number of aryl methyl sites for hydroxylation is 1. The summed E-state index contributed by atoms with van der Waals surface area (Å²) in [6.07, 6.45) is 2.95. The molecule has 3 heteroatoms. The summed E-state index contributed by atoms with van der Waals surface area (Å²) >= 11 is 1.59. The van der Waals surface area contributed by atoms with Crippen LogP contribution < -0.4 is 5.32 Å². The third-order valence-electron chi connectivity index (χ3n) is 3.03. The zero-order valence-corrected chi connectivity index (χ0v) is 11.9. The van der Waals surface area contributed by atoms with Crippen LogP contribution in [0.15, 0.2) is 47.4 Å². The van der Waals surface area contributed by atoms with Gasteiger partial charge in [0.1, 0.15) is 6.07 Å². The van der Waals surface area contributed by atoms with Gasteiger partial charge in [-0.05, 0) is 36.4 Å². The van der Waals surface area contributed by atoms with Crippen molar-refractivity contribution in [3.05, 3.63) is 53.6 Å². The Morgan fingerprint density at radius 3 is 2.53 bits per heavy atom. The first kappa shape index (κ1) is 13.5. The Morgan fingerprint density at radius 2 is 1.84 bits per heavy atom. The van der Waals surface area contributed by atoms with Crippen molar-refractivity contribution in [3.8, 4) is 6.07 Å². The molecule has 0 unspecified atom stereocenters. The maximum atomic E-state index is 9.33. The Kier molecular flexibility index (Phi) is 4.48. The van der Waals surface area contributed by atoms with E-state index in [1.165, 1.54) is 5.56 Å².